The Morgan fingerprint density at radius 2 is 1.61 bits per heavy atom. The SMILES string of the molecule is [N-]=[N+]=NC1(N=[N+]=[N-])CC(=O)c2ccccc2C1=O. The first-order valence-electron chi connectivity index (χ1n) is 4.94. The molecule has 0 amide bonds. The summed E-state index contributed by atoms with van der Waals surface area (Å²) in [7, 11) is 0. The monoisotopic (exact) mass is 242 g/mol. The highest BCUT2D eigenvalue weighted by molar-refractivity contribution is 6.18. The first-order chi connectivity index (χ1) is 8.64. The molecule has 0 N–H and O–H groups in total. The average Bonchev–Trinajstić information content (AvgIpc) is 2.37. The van der Waals surface area contributed by atoms with Crippen molar-refractivity contribution in [3.8, 4) is 0 Å². The second-order valence-electron chi connectivity index (χ2n) is 3.67. The zero-order chi connectivity index (χ0) is 13.2. The summed E-state index contributed by atoms with van der Waals surface area (Å²) in [6.45, 7) is 0. The molecule has 0 fully saturated rings. The third-order valence-electron chi connectivity index (χ3n) is 2.66. The van der Waals surface area contributed by atoms with E-state index in [9.17, 15) is 9.59 Å². The van der Waals surface area contributed by atoms with Crippen molar-refractivity contribution in [3.63, 3.8) is 0 Å². The summed E-state index contributed by atoms with van der Waals surface area (Å²) >= 11 is 0. The number of benzene rings is 1. The molecule has 88 valence electrons. The smallest absolute Gasteiger partial charge is 0.197 e. The van der Waals surface area contributed by atoms with Gasteiger partial charge in [0, 0.05) is 27.4 Å². The number of fused-ring (bicyclic) bond motifs is 1. The number of rotatable bonds is 2. The Kier molecular flexibility index (Phi) is 2.73. The summed E-state index contributed by atoms with van der Waals surface area (Å²) in [6, 6.07) is 6.14. The van der Waals surface area contributed by atoms with Gasteiger partial charge in [-0.1, -0.05) is 34.5 Å². The molecule has 0 bridgehead atoms. The largest absolute Gasteiger partial charge is 0.294 e. The minimum atomic E-state index is -2.02. The number of nitrogens with zero attached hydrogens (tertiary/aromatic N) is 6. The number of hydrogen-bond acceptors (Lipinski definition) is 4. The number of hydrogen-bond donors (Lipinski definition) is 0. The van der Waals surface area contributed by atoms with Gasteiger partial charge in [0.25, 0.3) is 0 Å². The Labute approximate surface area is 100 Å². The maximum Gasteiger partial charge on any atom is 0.197 e. The van der Waals surface area contributed by atoms with Crippen molar-refractivity contribution in [2.24, 2.45) is 10.2 Å². The van der Waals surface area contributed by atoms with Crippen LogP contribution in [0.1, 0.15) is 27.1 Å². The normalized spacial score (nSPS) is 21.6. The molecule has 1 aromatic carbocycles. The van der Waals surface area contributed by atoms with E-state index in [4.69, 9.17) is 11.1 Å². The minimum Gasteiger partial charge on any atom is -0.294 e. The van der Waals surface area contributed by atoms with Gasteiger partial charge in [0.1, 0.15) is 0 Å². The van der Waals surface area contributed by atoms with Gasteiger partial charge in [-0.05, 0) is 11.1 Å². The highest BCUT2D eigenvalue weighted by Crippen LogP contribution is 2.33. The molecule has 1 aromatic rings. The van der Waals surface area contributed by atoms with Crippen molar-refractivity contribution in [1.29, 1.82) is 0 Å². The molecule has 1 aliphatic carbocycles. The first kappa shape index (κ1) is 11.7. The fourth-order valence-corrected chi connectivity index (χ4v) is 1.87. The fraction of sp³-hybridized carbons (Fsp3) is 0.200. The molecule has 0 aromatic heterocycles. The molecule has 0 heterocycles. The molecule has 0 saturated heterocycles. The maximum absolute atomic E-state index is 12.2. The van der Waals surface area contributed by atoms with Crippen molar-refractivity contribution < 1.29 is 9.59 Å². The van der Waals surface area contributed by atoms with E-state index in [0.29, 0.717) is 0 Å². The topological polar surface area (TPSA) is 132 Å². The van der Waals surface area contributed by atoms with Crippen molar-refractivity contribution in [3.05, 3.63) is 56.3 Å². The van der Waals surface area contributed by atoms with Crippen LogP contribution in [0.5, 0.6) is 0 Å². The number of carbonyl (C=O) groups excluding carboxylic acids is 2. The van der Waals surface area contributed by atoms with E-state index < -0.39 is 23.7 Å². The van der Waals surface area contributed by atoms with Crippen molar-refractivity contribution in [2.75, 3.05) is 0 Å². The molecule has 2 rings (SSSR count). The lowest BCUT2D eigenvalue weighted by molar-refractivity contribution is 0.0796. The lowest BCUT2D eigenvalue weighted by atomic mass is 9.82. The lowest BCUT2D eigenvalue weighted by Crippen LogP contribution is -2.41. The van der Waals surface area contributed by atoms with Crippen LogP contribution >= 0.6 is 0 Å². The zero-order valence-corrected chi connectivity index (χ0v) is 9.02. The molecular formula is C10H6N6O2. The standard InChI is InChI=1S/C10H6N6O2/c11-15-13-10(14-16-12)5-8(17)6-3-1-2-4-7(6)9(10)18/h1-4H,5H2. The van der Waals surface area contributed by atoms with E-state index in [1.807, 2.05) is 0 Å². The second-order valence-corrected chi connectivity index (χ2v) is 3.67. The highest BCUT2D eigenvalue weighted by Gasteiger charge is 2.45. The predicted molar refractivity (Wildman–Crippen MR) is 60.7 cm³/mol. The third kappa shape index (κ3) is 1.58. The van der Waals surface area contributed by atoms with Crippen LogP contribution in [0.4, 0.5) is 0 Å². The van der Waals surface area contributed by atoms with Crippen molar-refractivity contribution >= 4 is 11.6 Å². The molecule has 0 aliphatic heterocycles. The number of carbonyl (C=O) groups is 2. The van der Waals surface area contributed by atoms with E-state index in [-0.39, 0.29) is 11.1 Å². The molecule has 8 heteroatoms. The Morgan fingerprint density at radius 1 is 1.06 bits per heavy atom. The van der Waals surface area contributed by atoms with Gasteiger partial charge < -0.3 is 0 Å². The van der Waals surface area contributed by atoms with Crippen molar-refractivity contribution in [1.82, 2.24) is 0 Å². The van der Waals surface area contributed by atoms with Crippen molar-refractivity contribution in [2.45, 2.75) is 12.1 Å². The Hall–Kier alpha value is -2.82. The van der Waals surface area contributed by atoms with Crippen LogP contribution in [-0.4, -0.2) is 17.2 Å². The maximum atomic E-state index is 12.2. The van der Waals surface area contributed by atoms with Gasteiger partial charge in [0.15, 0.2) is 17.2 Å². The third-order valence-corrected chi connectivity index (χ3v) is 2.66. The molecule has 0 unspecified atom stereocenters. The van der Waals surface area contributed by atoms with Gasteiger partial charge in [-0.2, -0.15) is 0 Å². The molecule has 8 nitrogen and oxygen atoms in total. The van der Waals surface area contributed by atoms with Crippen LogP contribution in [0.25, 0.3) is 20.9 Å². The predicted octanol–water partition coefficient (Wildman–Crippen LogP) is 2.77. The number of Topliss-reactive ketones (excluding diaryl/α,β-unsaturated/α-hetero) is 2. The van der Waals surface area contributed by atoms with Gasteiger partial charge in [0.2, 0.25) is 0 Å². The van der Waals surface area contributed by atoms with Gasteiger partial charge in [-0.3, -0.25) is 9.59 Å². The Bertz CT molecular complexity index is 622. The molecule has 0 spiro atoms. The molecule has 0 atom stereocenters. The van der Waals surface area contributed by atoms with Crippen LogP contribution in [0.3, 0.4) is 0 Å². The second kappa shape index (κ2) is 4.21. The van der Waals surface area contributed by atoms with Crippen LogP contribution in [-0.2, 0) is 0 Å². The molecule has 0 radical (unpaired) electrons. The van der Waals surface area contributed by atoms with Crippen LogP contribution < -0.4 is 0 Å². The van der Waals surface area contributed by atoms with Crippen LogP contribution in [0.15, 0.2) is 34.5 Å². The zero-order valence-electron chi connectivity index (χ0n) is 9.02. The molecule has 0 saturated carbocycles. The van der Waals surface area contributed by atoms with Gasteiger partial charge >= 0.3 is 0 Å². The van der Waals surface area contributed by atoms with E-state index in [0.717, 1.165) is 0 Å². The van der Waals surface area contributed by atoms with Crippen LogP contribution in [0, 0.1) is 0 Å². The van der Waals surface area contributed by atoms with Gasteiger partial charge in [0.05, 0.1) is 0 Å². The Morgan fingerprint density at radius 3 is 2.17 bits per heavy atom. The summed E-state index contributed by atoms with van der Waals surface area (Å²) in [4.78, 5) is 29.0. The molecular weight excluding hydrogens is 236 g/mol. The summed E-state index contributed by atoms with van der Waals surface area (Å²) in [5, 5.41) is 6.45. The van der Waals surface area contributed by atoms with Crippen LogP contribution in [0.2, 0.25) is 0 Å². The summed E-state index contributed by atoms with van der Waals surface area (Å²) in [5.41, 5.74) is 15.3. The summed E-state index contributed by atoms with van der Waals surface area (Å²) < 4.78 is 0. The van der Waals surface area contributed by atoms with E-state index in [1.165, 1.54) is 12.1 Å². The number of azide groups is 1. The summed E-state index contributed by atoms with van der Waals surface area (Å²) in [5.74, 6) is -1.06. The van der Waals surface area contributed by atoms with E-state index >= 15 is 0 Å². The quantitative estimate of drug-likeness (QED) is 0.448. The number of ketones is 2. The van der Waals surface area contributed by atoms with Gasteiger partial charge in [-0.25, -0.2) is 0 Å². The average molecular weight is 242 g/mol. The molecule has 18 heavy (non-hydrogen) atoms. The van der Waals surface area contributed by atoms with Gasteiger partial charge in [-0.15, -0.1) is 0 Å². The highest BCUT2D eigenvalue weighted by atomic mass is 16.1. The lowest BCUT2D eigenvalue weighted by Gasteiger charge is -2.26. The van der Waals surface area contributed by atoms with E-state index in [1.54, 1.807) is 12.1 Å². The summed E-state index contributed by atoms with van der Waals surface area (Å²) in [6.07, 6.45) is -0.447. The van der Waals surface area contributed by atoms with E-state index in [2.05, 4.69) is 20.1 Å². The Balaban J connectivity index is 2.70. The molecule has 1 aliphatic rings. The minimum absolute atomic E-state index is 0.105. The first-order valence-corrected chi connectivity index (χ1v) is 4.94. The fourth-order valence-electron chi connectivity index (χ4n) is 1.87.